The highest BCUT2D eigenvalue weighted by molar-refractivity contribution is 6.33. The number of carbonyl (C=O) groups excluding carboxylic acids is 1. The molecule has 0 atom stereocenters. The van der Waals surface area contributed by atoms with Gasteiger partial charge in [-0.05, 0) is 12.1 Å². The molecule has 1 aromatic heterocycles. The van der Waals surface area contributed by atoms with E-state index in [-0.39, 0.29) is 12.5 Å². The SMILES string of the molecule is CC(C)NCc1nccn1CC(=O)Nc1ccccc1Cl. The average molecular weight is 307 g/mol. The first kappa shape index (κ1) is 15.5. The molecule has 2 rings (SSSR count). The number of para-hydroxylation sites is 1. The van der Waals surface area contributed by atoms with Gasteiger partial charge in [-0.2, -0.15) is 0 Å². The molecule has 5 nitrogen and oxygen atoms in total. The molecule has 0 radical (unpaired) electrons. The van der Waals surface area contributed by atoms with Crippen LogP contribution in [0.3, 0.4) is 0 Å². The zero-order chi connectivity index (χ0) is 15.2. The normalized spacial score (nSPS) is 10.9. The van der Waals surface area contributed by atoms with Crippen molar-refractivity contribution in [3.05, 3.63) is 47.5 Å². The van der Waals surface area contributed by atoms with Crippen molar-refractivity contribution < 1.29 is 4.79 Å². The Morgan fingerprint density at radius 3 is 2.86 bits per heavy atom. The van der Waals surface area contributed by atoms with Gasteiger partial charge in [-0.3, -0.25) is 4.79 Å². The number of carbonyl (C=O) groups is 1. The van der Waals surface area contributed by atoms with Crippen molar-refractivity contribution in [2.75, 3.05) is 5.32 Å². The molecule has 1 heterocycles. The maximum absolute atomic E-state index is 12.1. The van der Waals surface area contributed by atoms with E-state index in [1.165, 1.54) is 0 Å². The number of hydrogen-bond acceptors (Lipinski definition) is 3. The lowest BCUT2D eigenvalue weighted by Crippen LogP contribution is -2.26. The summed E-state index contributed by atoms with van der Waals surface area (Å²) in [6.45, 7) is 4.97. The molecule has 21 heavy (non-hydrogen) atoms. The quantitative estimate of drug-likeness (QED) is 0.862. The van der Waals surface area contributed by atoms with Crippen LogP contribution in [0.5, 0.6) is 0 Å². The Balaban J connectivity index is 1.97. The van der Waals surface area contributed by atoms with Crippen LogP contribution in [-0.4, -0.2) is 21.5 Å². The zero-order valence-electron chi connectivity index (χ0n) is 12.1. The van der Waals surface area contributed by atoms with E-state index >= 15 is 0 Å². The van der Waals surface area contributed by atoms with Crippen LogP contribution in [0.4, 0.5) is 5.69 Å². The maximum atomic E-state index is 12.1. The summed E-state index contributed by atoms with van der Waals surface area (Å²) in [5, 5.41) is 6.61. The molecule has 6 heteroatoms. The topological polar surface area (TPSA) is 59.0 Å². The van der Waals surface area contributed by atoms with Gasteiger partial charge in [-0.1, -0.05) is 37.6 Å². The van der Waals surface area contributed by atoms with Gasteiger partial charge in [-0.25, -0.2) is 4.98 Å². The molecule has 0 unspecified atom stereocenters. The van der Waals surface area contributed by atoms with Crippen LogP contribution in [-0.2, 0) is 17.9 Å². The van der Waals surface area contributed by atoms with E-state index in [2.05, 4.69) is 29.5 Å². The highest BCUT2D eigenvalue weighted by atomic mass is 35.5. The summed E-state index contributed by atoms with van der Waals surface area (Å²) in [4.78, 5) is 16.3. The van der Waals surface area contributed by atoms with Crippen LogP contribution >= 0.6 is 11.6 Å². The van der Waals surface area contributed by atoms with Crippen LogP contribution in [0, 0.1) is 0 Å². The van der Waals surface area contributed by atoms with Gasteiger partial charge in [0.1, 0.15) is 12.4 Å². The summed E-state index contributed by atoms with van der Waals surface area (Å²) < 4.78 is 1.82. The number of halogens is 1. The lowest BCUT2D eigenvalue weighted by molar-refractivity contribution is -0.116. The fourth-order valence-corrected chi connectivity index (χ4v) is 2.04. The van der Waals surface area contributed by atoms with E-state index in [4.69, 9.17) is 11.6 Å². The van der Waals surface area contributed by atoms with E-state index in [0.29, 0.717) is 23.3 Å². The molecular weight excluding hydrogens is 288 g/mol. The number of imidazole rings is 1. The molecule has 0 fully saturated rings. The van der Waals surface area contributed by atoms with Gasteiger partial charge < -0.3 is 15.2 Å². The molecule has 2 aromatic rings. The third-order valence-electron chi connectivity index (χ3n) is 2.93. The first-order valence-electron chi connectivity index (χ1n) is 6.84. The Morgan fingerprint density at radius 1 is 1.38 bits per heavy atom. The number of amides is 1. The second-order valence-electron chi connectivity index (χ2n) is 5.03. The predicted octanol–water partition coefficient (Wildman–Crippen LogP) is 2.67. The number of aromatic nitrogens is 2. The Morgan fingerprint density at radius 2 is 2.14 bits per heavy atom. The van der Waals surface area contributed by atoms with Crippen LogP contribution in [0.15, 0.2) is 36.7 Å². The third-order valence-corrected chi connectivity index (χ3v) is 3.26. The van der Waals surface area contributed by atoms with E-state index in [1.807, 2.05) is 16.7 Å². The Bertz CT molecular complexity index is 609. The average Bonchev–Trinajstić information content (AvgIpc) is 2.86. The van der Waals surface area contributed by atoms with Crippen molar-refractivity contribution in [1.29, 1.82) is 0 Å². The predicted molar refractivity (Wildman–Crippen MR) is 84.3 cm³/mol. The van der Waals surface area contributed by atoms with Gasteiger partial charge in [0, 0.05) is 18.4 Å². The minimum Gasteiger partial charge on any atom is -0.324 e. The summed E-state index contributed by atoms with van der Waals surface area (Å²) in [5.74, 6) is 0.699. The van der Waals surface area contributed by atoms with E-state index < -0.39 is 0 Å². The lowest BCUT2D eigenvalue weighted by Gasteiger charge is -2.11. The molecule has 1 amide bonds. The van der Waals surface area contributed by atoms with Crippen LogP contribution in [0.2, 0.25) is 5.02 Å². The van der Waals surface area contributed by atoms with Gasteiger partial charge in [0.15, 0.2) is 0 Å². The summed E-state index contributed by atoms with van der Waals surface area (Å²) in [6, 6.07) is 7.54. The summed E-state index contributed by atoms with van der Waals surface area (Å²) in [5.41, 5.74) is 0.617. The van der Waals surface area contributed by atoms with Crippen molar-refractivity contribution >= 4 is 23.2 Å². The second kappa shape index (κ2) is 7.24. The van der Waals surface area contributed by atoms with Crippen LogP contribution in [0.25, 0.3) is 0 Å². The number of rotatable bonds is 6. The molecule has 0 bridgehead atoms. The van der Waals surface area contributed by atoms with Crippen molar-refractivity contribution in [2.24, 2.45) is 0 Å². The molecule has 0 aliphatic heterocycles. The minimum absolute atomic E-state index is 0.133. The summed E-state index contributed by atoms with van der Waals surface area (Å²) in [7, 11) is 0. The van der Waals surface area contributed by atoms with Gasteiger partial charge in [0.2, 0.25) is 5.91 Å². The zero-order valence-corrected chi connectivity index (χ0v) is 12.9. The largest absolute Gasteiger partial charge is 0.324 e. The monoisotopic (exact) mass is 306 g/mol. The van der Waals surface area contributed by atoms with Crippen molar-refractivity contribution in [3.8, 4) is 0 Å². The highest BCUT2D eigenvalue weighted by Gasteiger charge is 2.09. The summed E-state index contributed by atoms with van der Waals surface area (Å²) in [6.07, 6.45) is 3.49. The van der Waals surface area contributed by atoms with E-state index in [9.17, 15) is 4.79 Å². The molecule has 0 aliphatic rings. The van der Waals surface area contributed by atoms with Gasteiger partial charge >= 0.3 is 0 Å². The second-order valence-corrected chi connectivity index (χ2v) is 5.44. The van der Waals surface area contributed by atoms with Crippen molar-refractivity contribution in [3.63, 3.8) is 0 Å². The molecule has 0 spiro atoms. The van der Waals surface area contributed by atoms with E-state index in [0.717, 1.165) is 5.82 Å². The number of nitrogens with zero attached hydrogens (tertiary/aromatic N) is 2. The van der Waals surface area contributed by atoms with Crippen LogP contribution in [0.1, 0.15) is 19.7 Å². The first-order chi connectivity index (χ1) is 10.1. The molecule has 1 aromatic carbocycles. The third kappa shape index (κ3) is 4.58. The minimum atomic E-state index is -0.133. The van der Waals surface area contributed by atoms with Crippen molar-refractivity contribution in [1.82, 2.24) is 14.9 Å². The maximum Gasteiger partial charge on any atom is 0.244 e. The molecule has 112 valence electrons. The highest BCUT2D eigenvalue weighted by Crippen LogP contribution is 2.20. The van der Waals surface area contributed by atoms with Crippen LogP contribution < -0.4 is 10.6 Å². The Labute approximate surface area is 129 Å². The van der Waals surface area contributed by atoms with Gasteiger partial charge in [0.25, 0.3) is 0 Å². The fraction of sp³-hybridized carbons (Fsp3) is 0.333. The van der Waals surface area contributed by atoms with Crippen molar-refractivity contribution in [2.45, 2.75) is 33.0 Å². The molecular formula is C15H19ClN4O. The number of benzene rings is 1. The first-order valence-corrected chi connectivity index (χ1v) is 7.22. The van der Waals surface area contributed by atoms with Gasteiger partial charge in [-0.15, -0.1) is 0 Å². The van der Waals surface area contributed by atoms with Gasteiger partial charge in [0.05, 0.1) is 17.3 Å². The standard InChI is InChI=1S/C15H19ClN4O/c1-11(2)18-9-14-17-7-8-20(14)10-15(21)19-13-6-4-3-5-12(13)16/h3-8,11,18H,9-10H2,1-2H3,(H,19,21). The Kier molecular flexibility index (Phi) is 5.36. The number of hydrogen-bond donors (Lipinski definition) is 2. The fourth-order valence-electron chi connectivity index (χ4n) is 1.85. The molecule has 0 saturated carbocycles. The number of nitrogens with one attached hydrogen (secondary N) is 2. The number of anilines is 1. The smallest absolute Gasteiger partial charge is 0.244 e. The molecule has 0 aliphatic carbocycles. The van der Waals surface area contributed by atoms with E-state index in [1.54, 1.807) is 24.5 Å². The Hall–Kier alpha value is -1.85. The lowest BCUT2D eigenvalue weighted by atomic mass is 10.3. The molecule has 0 saturated heterocycles. The molecule has 2 N–H and O–H groups in total. The summed E-state index contributed by atoms with van der Waals surface area (Å²) >= 11 is 6.02.